The average Bonchev–Trinajstić information content (AvgIpc) is 2.38. The summed E-state index contributed by atoms with van der Waals surface area (Å²) in [5.41, 5.74) is 0.351. The summed E-state index contributed by atoms with van der Waals surface area (Å²) in [5, 5.41) is 9.02. The van der Waals surface area contributed by atoms with Crippen molar-refractivity contribution in [1.29, 1.82) is 0 Å². The number of sulfone groups is 1. The number of allylic oxidation sites excluding steroid dienone is 1. The minimum Gasteiger partial charge on any atom is -0.478 e. The molecule has 0 heterocycles. The van der Waals surface area contributed by atoms with Crippen LogP contribution in [0.5, 0.6) is 0 Å². The number of aromatic carboxylic acids is 1. The molecule has 110 valence electrons. The van der Waals surface area contributed by atoms with Crippen molar-refractivity contribution in [2.75, 3.05) is 5.75 Å². The normalized spacial score (nSPS) is 11.2. The Balaban J connectivity index is 2.85. The van der Waals surface area contributed by atoms with Gasteiger partial charge in [0.15, 0.2) is 9.84 Å². The van der Waals surface area contributed by atoms with Crippen molar-refractivity contribution in [3.05, 3.63) is 42.0 Å². The maximum Gasteiger partial charge on any atom is 0.335 e. The molecule has 1 N–H and O–H groups in total. The molecule has 1 aromatic rings. The van der Waals surface area contributed by atoms with Gasteiger partial charge in [0.2, 0.25) is 0 Å². The number of hydrogen-bond acceptors (Lipinski definition) is 3. The van der Waals surface area contributed by atoms with Gasteiger partial charge in [-0.05, 0) is 43.9 Å². The Hall–Kier alpha value is -1.62. The van der Waals surface area contributed by atoms with E-state index in [1.54, 1.807) is 0 Å². The van der Waals surface area contributed by atoms with E-state index in [4.69, 9.17) is 5.11 Å². The average molecular weight is 296 g/mol. The second-order valence-corrected chi connectivity index (χ2v) is 6.77. The molecule has 0 fully saturated rings. The molecule has 0 amide bonds. The van der Waals surface area contributed by atoms with Crippen molar-refractivity contribution in [1.82, 2.24) is 0 Å². The maximum atomic E-state index is 12.2. The topological polar surface area (TPSA) is 71.4 Å². The van der Waals surface area contributed by atoms with E-state index in [0.29, 0.717) is 12.0 Å². The van der Waals surface area contributed by atoms with Crippen LogP contribution in [0.25, 0.3) is 0 Å². The van der Waals surface area contributed by atoms with Gasteiger partial charge in [0.1, 0.15) is 0 Å². The van der Waals surface area contributed by atoms with Crippen LogP contribution >= 0.6 is 0 Å². The molecule has 1 aromatic carbocycles. The molecule has 20 heavy (non-hydrogen) atoms. The Kier molecular flexibility index (Phi) is 5.95. The molecule has 4 nitrogen and oxygen atoms in total. The highest BCUT2D eigenvalue weighted by molar-refractivity contribution is 7.91. The maximum absolute atomic E-state index is 12.2. The summed E-state index contributed by atoms with van der Waals surface area (Å²) >= 11 is 0. The lowest BCUT2D eigenvalue weighted by Crippen LogP contribution is -2.11. The summed E-state index contributed by atoms with van der Waals surface area (Å²) in [7, 11) is -3.42. The zero-order valence-electron chi connectivity index (χ0n) is 11.6. The van der Waals surface area contributed by atoms with Crippen LogP contribution in [0.15, 0.2) is 35.7 Å². The first-order chi connectivity index (χ1) is 9.40. The number of benzene rings is 1. The van der Waals surface area contributed by atoms with Crippen LogP contribution < -0.4 is 0 Å². The summed E-state index contributed by atoms with van der Waals surface area (Å²) in [6.45, 7) is 5.15. The van der Waals surface area contributed by atoms with Crippen molar-refractivity contribution < 1.29 is 18.3 Å². The Bertz CT molecular complexity index is 588. The van der Waals surface area contributed by atoms with Gasteiger partial charge in [0.25, 0.3) is 0 Å². The molecule has 0 bridgehead atoms. The molecule has 0 aromatic heterocycles. The fourth-order valence-electron chi connectivity index (χ4n) is 2.05. The molecule has 0 atom stereocenters. The molecule has 0 aliphatic heterocycles. The van der Waals surface area contributed by atoms with E-state index in [0.717, 1.165) is 19.3 Å². The zero-order valence-corrected chi connectivity index (χ0v) is 12.4. The van der Waals surface area contributed by atoms with Gasteiger partial charge in [-0.2, -0.15) is 0 Å². The fourth-order valence-corrected chi connectivity index (χ4v) is 3.72. The fraction of sp³-hybridized carbons (Fsp3) is 0.400. The molecule has 0 saturated heterocycles. The summed E-state index contributed by atoms with van der Waals surface area (Å²) in [4.78, 5) is 11.2. The number of hydrogen-bond donors (Lipinski definition) is 1. The molecule has 5 heteroatoms. The van der Waals surface area contributed by atoms with Gasteiger partial charge in [-0.15, -0.1) is 6.58 Å². The lowest BCUT2D eigenvalue weighted by Gasteiger charge is -2.09. The third-order valence-corrected chi connectivity index (χ3v) is 5.11. The molecule has 0 aliphatic carbocycles. The number of carboxylic acids is 1. The first-order valence-corrected chi connectivity index (χ1v) is 8.22. The van der Waals surface area contributed by atoms with Gasteiger partial charge >= 0.3 is 5.97 Å². The quantitative estimate of drug-likeness (QED) is 0.590. The minimum atomic E-state index is -3.42. The third kappa shape index (κ3) is 4.20. The first kappa shape index (κ1) is 16.4. The van der Waals surface area contributed by atoms with E-state index in [2.05, 4.69) is 6.58 Å². The standard InChI is InChI=1S/C15H20O4S/c1-3-4-5-6-7-11-20(18,19)14-10-8-9-13(12(14)2)15(16)17/h3,8-10H,1,4-7,11H2,2H3,(H,16,17). The Morgan fingerprint density at radius 2 is 2.00 bits per heavy atom. The van der Waals surface area contributed by atoms with Gasteiger partial charge in [0, 0.05) is 0 Å². The van der Waals surface area contributed by atoms with Gasteiger partial charge in [0.05, 0.1) is 16.2 Å². The molecule has 0 saturated carbocycles. The minimum absolute atomic E-state index is 0.0396. The van der Waals surface area contributed by atoms with Crippen molar-refractivity contribution in [2.45, 2.75) is 37.5 Å². The van der Waals surface area contributed by atoms with Crippen molar-refractivity contribution in [3.8, 4) is 0 Å². The van der Waals surface area contributed by atoms with Crippen LogP contribution in [-0.2, 0) is 9.84 Å². The van der Waals surface area contributed by atoms with E-state index in [1.165, 1.54) is 25.1 Å². The molecule has 0 spiro atoms. The largest absolute Gasteiger partial charge is 0.478 e. The molecule has 0 radical (unpaired) electrons. The van der Waals surface area contributed by atoms with E-state index < -0.39 is 15.8 Å². The highest BCUT2D eigenvalue weighted by atomic mass is 32.2. The predicted octanol–water partition coefficient (Wildman–Crippen LogP) is 3.21. The van der Waals surface area contributed by atoms with Crippen molar-refractivity contribution in [3.63, 3.8) is 0 Å². The smallest absolute Gasteiger partial charge is 0.335 e. The van der Waals surface area contributed by atoms with E-state index in [-0.39, 0.29) is 16.2 Å². The summed E-state index contributed by atoms with van der Waals surface area (Å²) in [5.74, 6) is -1.06. The van der Waals surface area contributed by atoms with Gasteiger partial charge in [-0.3, -0.25) is 0 Å². The first-order valence-electron chi connectivity index (χ1n) is 6.56. The molecule has 0 unspecified atom stereocenters. The van der Waals surface area contributed by atoms with Crippen LogP contribution in [0, 0.1) is 6.92 Å². The number of unbranched alkanes of at least 4 members (excludes halogenated alkanes) is 3. The molecular weight excluding hydrogens is 276 g/mol. The zero-order chi connectivity index (χ0) is 15.2. The molecule has 0 aliphatic rings. The van der Waals surface area contributed by atoms with Crippen molar-refractivity contribution >= 4 is 15.8 Å². The number of carboxylic acid groups (broad SMARTS) is 1. The number of rotatable bonds is 8. The highest BCUT2D eigenvalue weighted by Gasteiger charge is 2.20. The Morgan fingerprint density at radius 1 is 1.30 bits per heavy atom. The lowest BCUT2D eigenvalue weighted by molar-refractivity contribution is 0.0696. The van der Waals surface area contributed by atoms with Gasteiger partial charge < -0.3 is 5.11 Å². The van der Waals surface area contributed by atoms with Gasteiger partial charge in [-0.1, -0.05) is 18.6 Å². The second kappa shape index (κ2) is 7.24. The lowest BCUT2D eigenvalue weighted by atomic mass is 10.1. The predicted molar refractivity (Wildman–Crippen MR) is 78.9 cm³/mol. The van der Waals surface area contributed by atoms with Crippen molar-refractivity contribution in [2.24, 2.45) is 0 Å². The van der Waals surface area contributed by atoms with Crippen LogP contribution in [-0.4, -0.2) is 25.2 Å². The van der Waals surface area contributed by atoms with Crippen LogP contribution in [0.2, 0.25) is 0 Å². The van der Waals surface area contributed by atoms with E-state index >= 15 is 0 Å². The number of carbonyl (C=O) groups is 1. The summed E-state index contributed by atoms with van der Waals surface area (Å²) in [6.07, 6.45) is 5.02. The van der Waals surface area contributed by atoms with E-state index in [9.17, 15) is 13.2 Å². The molecular formula is C15H20O4S. The van der Waals surface area contributed by atoms with Crippen LogP contribution in [0.1, 0.15) is 41.6 Å². The van der Waals surface area contributed by atoms with Crippen LogP contribution in [0.3, 0.4) is 0 Å². The second-order valence-electron chi connectivity index (χ2n) is 4.69. The third-order valence-electron chi connectivity index (χ3n) is 3.17. The summed E-state index contributed by atoms with van der Waals surface area (Å²) in [6, 6.07) is 4.36. The Labute approximate surface area is 120 Å². The van der Waals surface area contributed by atoms with E-state index in [1.807, 2.05) is 6.08 Å². The van der Waals surface area contributed by atoms with Crippen LogP contribution in [0.4, 0.5) is 0 Å². The molecule has 1 rings (SSSR count). The Morgan fingerprint density at radius 3 is 2.60 bits per heavy atom. The highest BCUT2D eigenvalue weighted by Crippen LogP contribution is 2.21. The SMILES string of the molecule is C=CCCCCCS(=O)(=O)c1cccc(C(=O)O)c1C. The summed E-state index contributed by atoms with van der Waals surface area (Å²) < 4.78 is 24.5. The monoisotopic (exact) mass is 296 g/mol. The van der Waals surface area contributed by atoms with Gasteiger partial charge in [-0.25, -0.2) is 13.2 Å².